The molecule has 0 aliphatic carbocycles. The highest BCUT2D eigenvalue weighted by molar-refractivity contribution is 9.10. The highest BCUT2D eigenvalue weighted by Gasteiger charge is 2.10. The lowest BCUT2D eigenvalue weighted by molar-refractivity contribution is 1.14. The smallest absolute Gasteiger partial charge is 0.200 e. The lowest BCUT2D eigenvalue weighted by atomic mass is 10.1. The van der Waals surface area contributed by atoms with Crippen molar-refractivity contribution in [3.8, 4) is 0 Å². The van der Waals surface area contributed by atoms with Crippen LogP contribution in [0.5, 0.6) is 0 Å². The third-order valence-electron chi connectivity index (χ3n) is 3.42. The number of guanidine groups is 1. The van der Waals surface area contributed by atoms with Gasteiger partial charge in [0, 0.05) is 16.4 Å². The molecule has 0 atom stereocenters. The summed E-state index contributed by atoms with van der Waals surface area (Å²) in [6.45, 7) is 2.13. The predicted molar refractivity (Wildman–Crippen MR) is 101 cm³/mol. The Kier molecular flexibility index (Phi) is 5.91. The van der Waals surface area contributed by atoms with Gasteiger partial charge in [-0.25, -0.2) is 4.99 Å². The molecule has 0 aliphatic heterocycles. The van der Waals surface area contributed by atoms with E-state index in [9.17, 15) is 0 Å². The van der Waals surface area contributed by atoms with E-state index in [1.165, 1.54) is 10.5 Å². The van der Waals surface area contributed by atoms with Crippen molar-refractivity contribution in [3.05, 3.63) is 52.5 Å². The molecule has 0 amide bonds. The molecule has 0 aromatic heterocycles. The van der Waals surface area contributed by atoms with Crippen LogP contribution in [-0.2, 0) is 6.42 Å². The van der Waals surface area contributed by atoms with E-state index >= 15 is 0 Å². The minimum Gasteiger partial charge on any atom is -0.369 e. The second-order valence-corrected chi connectivity index (χ2v) is 6.60. The Hall–Kier alpha value is -1.46. The van der Waals surface area contributed by atoms with Gasteiger partial charge in [0.15, 0.2) is 0 Å². The number of nitrogens with two attached hydrogens (primary N) is 1. The van der Waals surface area contributed by atoms with Crippen LogP contribution in [0.1, 0.15) is 12.5 Å². The molecular weight excluding hydrogens is 358 g/mol. The summed E-state index contributed by atoms with van der Waals surface area (Å²) in [5.74, 6) is 0.465. The number of aliphatic imine (C=N–C) groups is 1. The van der Waals surface area contributed by atoms with E-state index in [0.29, 0.717) is 5.96 Å². The number of anilines is 1. The summed E-state index contributed by atoms with van der Waals surface area (Å²) in [5.41, 5.74) is 9.31. The van der Waals surface area contributed by atoms with Gasteiger partial charge in [-0.3, -0.25) is 0 Å². The van der Waals surface area contributed by atoms with Gasteiger partial charge in [-0.15, -0.1) is 11.8 Å². The first-order valence-corrected chi connectivity index (χ1v) is 9.07. The summed E-state index contributed by atoms with van der Waals surface area (Å²) >= 11 is 5.28. The lowest BCUT2D eigenvalue weighted by Crippen LogP contribution is -2.33. The Balaban J connectivity index is 2.31. The van der Waals surface area contributed by atoms with Crippen LogP contribution < -0.4 is 10.6 Å². The molecule has 0 unspecified atom stereocenters. The van der Waals surface area contributed by atoms with Gasteiger partial charge < -0.3 is 10.6 Å². The largest absolute Gasteiger partial charge is 0.369 e. The molecule has 0 spiro atoms. The molecular formula is C17H20BrN3S. The van der Waals surface area contributed by atoms with Crippen molar-refractivity contribution in [1.82, 2.24) is 0 Å². The Morgan fingerprint density at radius 2 is 2.05 bits per heavy atom. The summed E-state index contributed by atoms with van der Waals surface area (Å²) in [7, 11) is 1.92. The first-order chi connectivity index (χ1) is 10.5. The fraction of sp³-hybridized carbons (Fsp3) is 0.235. The maximum atomic E-state index is 6.18. The van der Waals surface area contributed by atoms with E-state index in [4.69, 9.17) is 5.73 Å². The Morgan fingerprint density at radius 3 is 2.73 bits per heavy atom. The third kappa shape index (κ3) is 4.05. The topological polar surface area (TPSA) is 41.6 Å². The minimum absolute atomic E-state index is 0.465. The second kappa shape index (κ2) is 7.70. The second-order valence-electron chi connectivity index (χ2n) is 4.87. The number of aryl methyl sites for hydroxylation is 1. The zero-order chi connectivity index (χ0) is 16.1. The van der Waals surface area contributed by atoms with Gasteiger partial charge in [0.2, 0.25) is 5.96 Å². The van der Waals surface area contributed by atoms with Crippen LogP contribution in [0.3, 0.4) is 0 Å². The van der Waals surface area contributed by atoms with Crippen LogP contribution >= 0.6 is 27.7 Å². The quantitative estimate of drug-likeness (QED) is 0.471. The number of thioether (sulfide) groups is 1. The summed E-state index contributed by atoms with van der Waals surface area (Å²) in [5, 5.41) is 0. The van der Waals surface area contributed by atoms with Crippen molar-refractivity contribution in [3.63, 3.8) is 0 Å². The number of nitrogens with zero attached hydrogens (tertiary/aromatic N) is 2. The Bertz CT molecular complexity index is 685. The number of rotatable bonds is 4. The van der Waals surface area contributed by atoms with Gasteiger partial charge in [0.05, 0.1) is 11.4 Å². The Labute approximate surface area is 144 Å². The van der Waals surface area contributed by atoms with Crippen molar-refractivity contribution in [2.45, 2.75) is 18.2 Å². The van der Waals surface area contributed by atoms with E-state index in [1.807, 2.05) is 30.1 Å². The van der Waals surface area contributed by atoms with Crippen molar-refractivity contribution in [2.75, 3.05) is 18.2 Å². The number of hydrogen-bond acceptors (Lipinski definition) is 2. The molecule has 0 aliphatic rings. The molecule has 0 saturated carbocycles. The molecule has 2 rings (SSSR count). The standard InChI is InChI=1S/C17H20BrN3S/c1-4-12-6-5-7-13(10-12)20-17(19)21(2)16-11-14(22-3)8-9-15(16)18/h5-11H,4H2,1-3H3,(H2,19,20). The SMILES string of the molecule is CCc1cccc(N=C(N)N(C)c2cc(SC)ccc2Br)c1. The summed E-state index contributed by atoms with van der Waals surface area (Å²) in [6.07, 6.45) is 3.04. The monoisotopic (exact) mass is 377 g/mol. The molecule has 2 N–H and O–H groups in total. The van der Waals surface area contributed by atoms with Crippen LogP contribution in [0.2, 0.25) is 0 Å². The van der Waals surface area contributed by atoms with Gasteiger partial charge in [0.1, 0.15) is 0 Å². The van der Waals surface area contributed by atoms with Crippen LogP contribution in [0, 0.1) is 0 Å². The number of hydrogen-bond donors (Lipinski definition) is 1. The molecule has 0 fully saturated rings. The van der Waals surface area contributed by atoms with Crippen LogP contribution in [0.15, 0.2) is 56.8 Å². The summed E-state index contributed by atoms with van der Waals surface area (Å²) < 4.78 is 0.994. The molecule has 0 heterocycles. The van der Waals surface area contributed by atoms with Gasteiger partial charge in [0.25, 0.3) is 0 Å². The summed E-state index contributed by atoms with van der Waals surface area (Å²) in [4.78, 5) is 7.61. The van der Waals surface area contributed by atoms with E-state index in [-0.39, 0.29) is 0 Å². The zero-order valence-corrected chi connectivity index (χ0v) is 15.4. The predicted octanol–water partition coefficient (Wildman–Crippen LogP) is 4.82. The highest BCUT2D eigenvalue weighted by atomic mass is 79.9. The van der Waals surface area contributed by atoms with Crippen molar-refractivity contribution in [2.24, 2.45) is 10.7 Å². The highest BCUT2D eigenvalue weighted by Crippen LogP contribution is 2.30. The Morgan fingerprint density at radius 1 is 1.27 bits per heavy atom. The first-order valence-electron chi connectivity index (χ1n) is 7.05. The number of halogens is 1. The van der Waals surface area contributed by atoms with Crippen LogP contribution in [-0.4, -0.2) is 19.3 Å². The third-order valence-corrected chi connectivity index (χ3v) is 4.82. The van der Waals surface area contributed by atoms with Gasteiger partial charge in [-0.05, 0) is 64.5 Å². The van der Waals surface area contributed by atoms with Gasteiger partial charge in [-0.1, -0.05) is 19.1 Å². The molecule has 2 aromatic rings. The fourth-order valence-electron chi connectivity index (χ4n) is 2.05. The van der Waals surface area contributed by atoms with Gasteiger partial charge in [-0.2, -0.15) is 0 Å². The summed E-state index contributed by atoms with van der Waals surface area (Å²) in [6, 6.07) is 14.3. The van der Waals surface area contributed by atoms with Crippen LogP contribution in [0.4, 0.5) is 11.4 Å². The van der Waals surface area contributed by atoms with Gasteiger partial charge >= 0.3 is 0 Å². The minimum atomic E-state index is 0.465. The normalized spacial score (nSPS) is 11.5. The molecule has 0 saturated heterocycles. The zero-order valence-electron chi connectivity index (χ0n) is 13.0. The van der Waals surface area contributed by atoms with Crippen LogP contribution in [0.25, 0.3) is 0 Å². The van der Waals surface area contributed by atoms with E-state index in [0.717, 1.165) is 22.3 Å². The maximum absolute atomic E-state index is 6.18. The molecule has 0 bridgehead atoms. The van der Waals surface area contributed by atoms with Crippen molar-refractivity contribution in [1.29, 1.82) is 0 Å². The first kappa shape index (κ1) is 16.9. The maximum Gasteiger partial charge on any atom is 0.200 e. The van der Waals surface area contributed by atoms with E-state index in [1.54, 1.807) is 11.8 Å². The molecule has 0 radical (unpaired) electrons. The van der Waals surface area contributed by atoms with E-state index < -0.39 is 0 Å². The molecule has 2 aromatic carbocycles. The van der Waals surface area contributed by atoms with Crippen molar-refractivity contribution >= 4 is 45.0 Å². The molecule has 5 heteroatoms. The fourth-order valence-corrected chi connectivity index (χ4v) is 3.00. The molecule has 3 nitrogen and oxygen atoms in total. The van der Waals surface area contributed by atoms with Crippen molar-refractivity contribution < 1.29 is 0 Å². The van der Waals surface area contributed by atoms with E-state index in [2.05, 4.69) is 58.4 Å². The number of benzene rings is 2. The average Bonchev–Trinajstić information content (AvgIpc) is 2.54. The lowest BCUT2D eigenvalue weighted by Gasteiger charge is -2.20. The molecule has 116 valence electrons. The average molecular weight is 378 g/mol. The molecule has 22 heavy (non-hydrogen) atoms.